The number of amides is 1. The van der Waals surface area contributed by atoms with Crippen molar-refractivity contribution in [2.75, 3.05) is 7.05 Å². The molecule has 1 amide bonds. The minimum atomic E-state index is -0.534. The van der Waals surface area contributed by atoms with Gasteiger partial charge in [0.2, 0.25) is 0 Å². The summed E-state index contributed by atoms with van der Waals surface area (Å²) in [7, 11) is 1.64. The fourth-order valence-corrected chi connectivity index (χ4v) is 1.20. The number of carbonyl (C=O) groups is 1. The number of nitrogens with zero attached hydrogens (tertiary/aromatic N) is 1. The lowest BCUT2D eigenvalue weighted by atomic mass is 10.1. The third kappa shape index (κ3) is 2.47. The van der Waals surface area contributed by atoms with E-state index in [9.17, 15) is 4.79 Å². The summed E-state index contributed by atoms with van der Waals surface area (Å²) in [5.74, 6) is 4.77. The number of aryl methyl sites for hydroxylation is 1. The molecule has 0 saturated carbocycles. The number of nitrogens with two attached hydrogens (primary N) is 1. The highest BCUT2D eigenvalue weighted by Crippen LogP contribution is 2.09. The molecule has 0 aliphatic rings. The van der Waals surface area contributed by atoms with Crippen molar-refractivity contribution in [3.63, 3.8) is 0 Å². The van der Waals surface area contributed by atoms with Crippen LogP contribution in [0.5, 0.6) is 0 Å². The maximum absolute atomic E-state index is 11.0. The van der Waals surface area contributed by atoms with Crippen molar-refractivity contribution in [3.05, 3.63) is 35.4 Å². The number of hydrogen-bond acceptors (Lipinski definition) is 3. The van der Waals surface area contributed by atoms with E-state index in [0.717, 1.165) is 11.1 Å². The van der Waals surface area contributed by atoms with Gasteiger partial charge >= 0.3 is 6.09 Å². The lowest BCUT2D eigenvalue weighted by Crippen LogP contribution is -2.29. The van der Waals surface area contributed by atoms with Gasteiger partial charge < -0.3 is 9.74 Å². The maximum atomic E-state index is 11.0. The first-order valence-corrected chi connectivity index (χ1v) is 4.31. The van der Waals surface area contributed by atoms with Crippen LogP contribution in [0.4, 0.5) is 4.79 Å². The van der Waals surface area contributed by atoms with Crippen LogP contribution in [0, 0.1) is 6.92 Å². The molecular formula is C10H14N2O2. The van der Waals surface area contributed by atoms with Crippen molar-refractivity contribution >= 4 is 6.09 Å². The van der Waals surface area contributed by atoms with Crippen LogP contribution < -0.4 is 5.90 Å². The van der Waals surface area contributed by atoms with E-state index in [1.807, 2.05) is 31.2 Å². The summed E-state index contributed by atoms with van der Waals surface area (Å²) in [6.45, 7) is 2.50. The number of benzene rings is 1. The molecule has 0 radical (unpaired) electrons. The predicted octanol–water partition coefficient (Wildman–Crippen LogP) is 1.44. The van der Waals surface area contributed by atoms with Crippen LogP contribution in [0.3, 0.4) is 0 Å². The standard InChI is InChI=1S/C10H14N2O2/c1-8-5-3-4-6-9(8)7-12(2)10(13)14-11/h3-6H,7,11H2,1-2H3. The Morgan fingerprint density at radius 2 is 2.14 bits per heavy atom. The smallest absolute Gasteiger partial charge is 0.357 e. The molecule has 0 spiro atoms. The molecule has 0 bridgehead atoms. The first-order chi connectivity index (χ1) is 6.65. The minimum absolute atomic E-state index is 0.503. The molecule has 1 rings (SSSR count). The summed E-state index contributed by atoms with van der Waals surface area (Å²) in [5.41, 5.74) is 2.23. The first-order valence-electron chi connectivity index (χ1n) is 4.31. The fourth-order valence-electron chi connectivity index (χ4n) is 1.20. The van der Waals surface area contributed by atoms with Gasteiger partial charge in [-0.25, -0.2) is 4.79 Å². The highest BCUT2D eigenvalue weighted by Gasteiger charge is 2.09. The SMILES string of the molecule is Cc1ccccc1CN(C)C(=O)ON. The van der Waals surface area contributed by atoms with E-state index < -0.39 is 6.09 Å². The molecular weight excluding hydrogens is 180 g/mol. The monoisotopic (exact) mass is 194 g/mol. The summed E-state index contributed by atoms with van der Waals surface area (Å²) in [6.07, 6.45) is -0.534. The molecule has 0 unspecified atom stereocenters. The predicted molar refractivity (Wildman–Crippen MR) is 53.3 cm³/mol. The molecule has 4 nitrogen and oxygen atoms in total. The van der Waals surface area contributed by atoms with Crippen LogP contribution in [0.15, 0.2) is 24.3 Å². The van der Waals surface area contributed by atoms with Crippen molar-refractivity contribution in [2.24, 2.45) is 5.90 Å². The number of hydrogen-bond donors (Lipinski definition) is 1. The van der Waals surface area contributed by atoms with Gasteiger partial charge in [-0.15, -0.1) is 0 Å². The Kier molecular flexibility index (Phi) is 3.48. The molecule has 0 saturated heterocycles. The minimum Gasteiger partial charge on any atom is -0.357 e. The largest absolute Gasteiger partial charge is 0.428 e. The van der Waals surface area contributed by atoms with Gasteiger partial charge in [-0.05, 0) is 18.1 Å². The molecule has 2 N–H and O–H groups in total. The second-order valence-corrected chi connectivity index (χ2v) is 3.17. The zero-order valence-corrected chi connectivity index (χ0v) is 8.36. The quantitative estimate of drug-likeness (QED) is 0.725. The topological polar surface area (TPSA) is 55.6 Å². The summed E-state index contributed by atoms with van der Waals surface area (Å²) in [4.78, 5) is 16.5. The zero-order chi connectivity index (χ0) is 10.6. The molecule has 4 heteroatoms. The average Bonchev–Trinajstić information content (AvgIpc) is 2.20. The van der Waals surface area contributed by atoms with Gasteiger partial charge in [-0.3, -0.25) is 0 Å². The highest BCUT2D eigenvalue weighted by molar-refractivity contribution is 5.66. The van der Waals surface area contributed by atoms with Crippen LogP contribution in [-0.4, -0.2) is 18.0 Å². The molecule has 0 atom stereocenters. The average molecular weight is 194 g/mol. The Morgan fingerprint density at radius 3 is 2.71 bits per heavy atom. The van der Waals surface area contributed by atoms with Gasteiger partial charge in [-0.1, -0.05) is 24.3 Å². The van der Waals surface area contributed by atoms with Gasteiger partial charge in [0.25, 0.3) is 0 Å². The van der Waals surface area contributed by atoms with Gasteiger partial charge in [0.1, 0.15) is 0 Å². The van der Waals surface area contributed by atoms with Gasteiger partial charge in [0.15, 0.2) is 0 Å². The van der Waals surface area contributed by atoms with E-state index >= 15 is 0 Å². The summed E-state index contributed by atoms with van der Waals surface area (Å²) in [5, 5.41) is 0. The summed E-state index contributed by atoms with van der Waals surface area (Å²) in [6, 6.07) is 7.86. The zero-order valence-electron chi connectivity index (χ0n) is 8.36. The Balaban J connectivity index is 2.69. The van der Waals surface area contributed by atoms with Crippen molar-refractivity contribution in [2.45, 2.75) is 13.5 Å². The van der Waals surface area contributed by atoms with Crippen LogP contribution in [-0.2, 0) is 11.4 Å². The van der Waals surface area contributed by atoms with Gasteiger partial charge in [0.05, 0.1) is 0 Å². The van der Waals surface area contributed by atoms with E-state index in [-0.39, 0.29) is 0 Å². The van der Waals surface area contributed by atoms with Crippen LogP contribution in [0.25, 0.3) is 0 Å². The Hall–Kier alpha value is -1.55. The number of carbonyl (C=O) groups excluding carboxylic acids is 1. The van der Waals surface area contributed by atoms with Crippen molar-refractivity contribution in [1.29, 1.82) is 0 Å². The third-order valence-electron chi connectivity index (χ3n) is 2.08. The molecule has 14 heavy (non-hydrogen) atoms. The van der Waals surface area contributed by atoms with E-state index in [1.165, 1.54) is 4.90 Å². The fraction of sp³-hybridized carbons (Fsp3) is 0.300. The van der Waals surface area contributed by atoms with Crippen molar-refractivity contribution in [3.8, 4) is 0 Å². The molecule has 0 aromatic heterocycles. The second kappa shape index (κ2) is 4.62. The Bertz CT molecular complexity index is 326. The number of rotatable bonds is 2. The Morgan fingerprint density at radius 1 is 1.50 bits per heavy atom. The second-order valence-electron chi connectivity index (χ2n) is 3.17. The van der Waals surface area contributed by atoms with Crippen molar-refractivity contribution < 1.29 is 9.63 Å². The van der Waals surface area contributed by atoms with Crippen molar-refractivity contribution in [1.82, 2.24) is 4.90 Å². The van der Waals surface area contributed by atoms with E-state index in [4.69, 9.17) is 5.90 Å². The summed E-state index contributed by atoms with van der Waals surface area (Å²) < 4.78 is 0. The Labute approximate surface area is 83.2 Å². The normalized spacial score (nSPS) is 9.64. The van der Waals surface area contributed by atoms with E-state index in [0.29, 0.717) is 6.54 Å². The van der Waals surface area contributed by atoms with E-state index in [2.05, 4.69) is 4.84 Å². The van der Waals surface area contributed by atoms with Gasteiger partial charge in [-0.2, -0.15) is 5.90 Å². The summed E-state index contributed by atoms with van der Waals surface area (Å²) >= 11 is 0. The molecule has 1 aromatic rings. The molecule has 0 fully saturated rings. The van der Waals surface area contributed by atoms with E-state index in [1.54, 1.807) is 7.05 Å². The molecule has 0 aliphatic carbocycles. The maximum Gasteiger partial charge on any atom is 0.428 e. The van der Waals surface area contributed by atoms with Crippen LogP contribution in [0.2, 0.25) is 0 Å². The van der Waals surface area contributed by atoms with Gasteiger partial charge in [0, 0.05) is 13.6 Å². The third-order valence-corrected chi connectivity index (χ3v) is 2.08. The highest BCUT2D eigenvalue weighted by atomic mass is 16.7. The van der Waals surface area contributed by atoms with Crippen LogP contribution in [0.1, 0.15) is 11.1 Å². The lowest BCUT2D eigenvalue weighted by molar-refractivity contribution is 0.110. The van der Waals surface area contributed by atoms with Crippen LogP contribution >= 0.6 is 0 Å². The lowest BCUT2D eigenvalue weighted by Gasteiger charge is -2.15. The molecule has 0 heterocycles. The molecule has 1 aromatic carbocycles. The molecule has 76 valence electrons. The first kappa shape index (κ1) is 10.5. The molecule has 0 aliphatic heterocycles.